The van der Waals surface area contributed by atoms with Gasteiger partial charge in [0, 0.05) is 12.9 Å². The highest BCUT2D eigenvalue weighted by Crippen LogP contribution is 2.32. The average molecular weight is 263 g/mol. The third-order valence-corrected chi connectivity index (χ3v) is 4.35. The van der Waals surface area contributed by atoms with Crippen molar-refractivity contribution in [3.8, 4) is 0 Å². The number of hydrogen-bond acceptors (Lipinski definition) is 1. The van der Waals surface area contributed by atoms with Crippen LogP contribution in [0.1, 0.15) is 38.6 Å². The van der Waals surface area contributed by atoms with Crippen LogP contribution in [0.25, 0.3) is 0 Å². The van der Waals surface area contributed by atoms with Crippen LogP contribution in [0.15, 0.2) is 0 Å². The monoisotopic (exact) mass is 262 g/mol. The number of nitrogens with zero attached hydrogens (tertiary/aromatic N) is 2. The van der Waals surface area contributed by atoms with E-state index < -0.39 is 0 Å². The highest BCUT2D eigenvalue weighted by molar-refractivity contribution is 6.31. The molecule has 1 heterocycles. The number of rotatable bonds is 5. The summed E-state index contributed by atoms with van der Waals surface area (Å²) in [5.74, 6) is 0.645. The Labute approximate surface area is 108 Å². The van der Waals surface area contributed by atoms with Crippen molar-refractivity contribution in [2.75, 3.05) is 5.88 Å². The van der Waals surface area contributed by atoms with Crippen molar-refractivity contribution in [3.63, 3.8) is 0 Å². The first-order valence-electron chi connectivity index (χ1n) is 5.73. The first kappa shape index (κ1) is 13.9. The molecular weight excluding hydrogens is 243 g/mol. The Morgan fingerprint density at radius 2 is 2.00 bits per heavy atom. The van der Waals surface area contributed by atoms with Gasteiger partial charge in [0.2, 0.25) is 0 Å². The van der Waals surface area contributed by atoms with Gasteiger partial charge in [-0.3, -0.25) is 4.68 Å². The molecule has 92 valence electrons. The Kier molecular flexibility index (Phi) is 4.69. The molecule has 0 saturated heterocycles. The van der Waals surface area contributed by atoms with Gasteiger partial charge in [0.25, 0.3) is 0 Å². The predicted octanol–water partition coefficient (Wildman–Crippen LogP) is 3.83. The maximum absolute atomic E-state index is 6.32. The van der Waals surface area contributed by atoms with Gasteiger partial charge in [-0.15, -0.1) is 11.6 Å². The Balaban J connectivity index is 3.01. The van der Waals surface area contributed by atoms with Crippen molar-refractivity contribution < 1.29 is 0 Å². The van der Waals surface area contributed by atoms with Gasteiger partial charge in [0.15, 0.2) is 0 Å². The molecule has 0 spiro atoms. The number of alkyl halides is 1. The van der Waals surface area contributed by atoms with Crippen LogP contribution < -0.4 is 0 Å². The molecule has 0 aromatic carbocycles. The molecule has 0 aliphatic heterocycles. The van der Waals surface area contributed by atoms with Gasteiger partial charge in [-0.1, -0.05) is 32.4 Å². The summed E-state index contributed by atoms with van der Waals surface area (Å²) in [6.45, 7) is 6.42. The van der Waals surface area contributed by atoms with E-state index >= 15 is 0 Å². The number of hydrogen-bond donors (Lipinski definition) is 0. The third kappa shape index (κ3) is 2.72. The molecule has 0 bridgehead atoms. The largest absolute Gasteiger partial charge is 0.271 e. The molecule has 0 N–H and O–H groups in total. The number of aromatic nitrogens is 2. The molecule has 1 atom stereocenters. The van der Waals surface area contributed by atoms with E-state index in [1.165, 1.54) is 0 Å². The molecule has 16 heavy (non-hydrogen) atoms. The first-order chi connectivity index (χ1) is 7.47. The van der Waals surface area contributed by atoms with Gasteiger partial charge < -0.3 is 0 Å². The Hall–Kier alpha value is -0.210. The van der Waals surface area contributed by atoms with Crippen molar-refractivity contribution in [2.45, 2.75) is 40.0 Å². The topological polar surface area (TPSA) is 17.8 Å². The molecule has 4 heteroatoms. The quantitative estimate of drug-likeness (QED) is 0.738. The smallest absolute Gasteiger partial charge is 0.0849 e. The molecule has 0 saturated carbocycles. The number of halogens is 2. The number of aryl methyl sites for hydroxylation is 2. The molecular formula is C12H20Cl2N2. The van der Waals surface area contributed by atoms with Crippen LogP contribution in [-0.2, 0) is 19.9 Å². The zero-order chi connectivity index (χ0) is 12.3. The lowest BCUT2D eigenvalue weighted by molar-refractivity contribution is 0.346. The van der Waals surface area contributed by atoms with Crippen molar-refractivity contribution in [1.29, 1.82) is 0 Å². The molecule has 1 unspecified atom stereocenters. The molecule has 0 aliphatic carbocycles. The minimum atomic E-state index is 0.101. The fourth-order valence-corrected chi connectivity index (χ4v) is 2.33. The van der Waals surface area contributed by atoms with Crippen LogP contribution in [0.3, 0.4) is 0 Å². The summed E-state index contributed by atoms with van der Waals surface area (Å²) in [4.78, 5) is 0. The van der Waals surface area contributed by atoms with Gasteiger partial charge in [0.05, 0.1) is 16.4 Å². The van der Waals surface area contributed by atoms with Gasteiger partial charge in [-0.2, -0.15) is 5.10 Å². The third-order valence-electron chi connectivity index (χ3n) is 3.27. The lowest BCUT2D eigenvalue weighted by atomic mass is 9.85. The van der Waals surface area contributed by atoms with Crippen molar-refractivity contribution in [2.24, 2.45) is 12.5 Å². The molecule has 2 nitrogen and oxygen atoms in total. The lowest BCUT2D eigenvalue weighted by Gasteiger charge is -2.25. The summed E-state index contributed by atoms with van der Waals surface area (Å²) >= 11 is 12.4. The van der Waals surface area contributed by atoms with E-state index in [0.29, 0.717) is 5.88 Å². The fourth-order valence-electron chi connectivity index (χ4n) is 1.68. The normalized spacial score (nSPS) is 15.1. The average Bonchev–Trinajstić information content (AvgIpc) is 2.56. The Morgan fingerprint density at radius 1 is 1.38 bits per heavy atom. The van der Waals surface area contributed by atoms with Crippen molar-refractivity contribution in [1.82, 2.24) is 9.78 Å². The SMILES string of the molecule is CCc1nn(C)c(CC(C)(CC)CCl)c1Cl. The minimum Gasteiger partial charge on any atom is -0.271 e. The van der Waals surface area contributed by atoms with E-state index in [1.807, 2.05) is 11.7 Å². The molecule has 1 aromatic rings. The van der Waals surface area contributed by atoms with E-state index in [4.69, 9.17) is 23.2 Å². The van der Waals surface area contributed by atoms with Gasteiger partial charge in [-0.25, -0.2) is 0 Å². The molecule has 0 aliphatic rings. The van der Waals surface area contributed by atoms with Crippen LogP contribution in [0.2, 0.25) is 5.02 Å². The summed E-state index contributed by atoms with van der Waals surface area (Å²) in [7, 11) is 1.95. The molecule has 0 fully saturated rings. The highest BCUT2D eigenvalue weighted by atomic mass is 35.5. The second-order valence-electron chi connectivity index (χ2n) is 4.66. The Bertz CT molecular complexity index is 354. The zero-order valence-corrected chi connectivity index (χ0v) is 12.0. The summed E-state index contributed by atoms with van der Waals surface area (Å²) in [6, 6.07) is 0. The molecule has 1 rings (SSSR count). The molecule has 0 amide bonds. The predicted molar refractivity (Wildman–Crippen MR) is 70.4 cm³/mol. The van der Waals surface area contributed by atoms with Crippen molar-refractivity contribution >= 4 is 23.2 Å². The van der Waals surface area contributed by atoms with E-state index in [9.17, 15) is 0 Å². The van der Waals surface area contributed by atoms with E-state index in [1.54, 1.807) is 0 Å². The van der Waals surface area contributed by atoms with Crippen LogP contribution in [0.4, 0.5) is 0 Å². The Morgan fingerprint density at radius 3 is 2.38 bits per heavy atom. The van der Waals surface area contributed by atoms with Crippen LogP contribution >= 0.6 is 23.2 Å². The fraction of sp³-hybridized carbons (Fsp3) is 0.750. The van der Waals surface area contributed by atoms with Gasteiger partial charge in [0.1, 0.15) is 0 Å². The standard InChI is InChI=1S/C12H20Cl2N2/c1-5-9-11(14)10(16(4)15-9)7-12(3,6-2)8-13/h5-8H2,1-4H3. The van der Waals surface area contributed by atoms with E-state index in [0.717, 1.165) is 35.7 Å². The summed E-state index contributed by atoms with van der Waals surface area (Å²) in [6.07, 6.45) is 2.80. The summed E-state index contributed by atoms with van der Waals surface area (Å²) in [5, 5.41) is 5.24. The van der Waals surface area contributed by atoms with Crippen molar-refractivity contribution in [3.05, 3.63) is 16.4 Å². The van der Waals surface area contributed by atoms with Crippen LogP contribution in [0.5, 0.6) is 0 Å². The van der Waals surface area contributed by atoms with Crippen LogP contribution in [-0.4, -0.2) is 15.7 Å². The first-order valence-corrected chi connectivity index (χ1v) is 6.65. The highest BCUT2D eigenvalue weighted by Gasteiger charge is 2.25. The summed E-state index contributed by atoms with van der Waals surface area (Å²) in [5.41, 5.74) is 2.18. The van der Waals surface area contributed by atoms with Crippen LogP contribution in [0, 0.1) is 5.41 Å². The summed E-state index contributed by atoms with van der Waals surface area (Å²) < 4.78 is 1.89. The molecule has 0 radical (unpaired) electrons. The van der Waals surface area contributed by atoms with E-state index in [-0.39, 0.29) is 5.41 Å². The molecule has 1 aromatic heterocycles. The lowest BCUT2D eigenvalue weighted by Crippen LogP contribution is -2.22. The maximum atomic E-state index is 6.32. The van der Waals surface area contributed by atoms with E-state index in [2.05, 4.69) is 25.9 Å². The van der Waals surface area contributed by atoms with Gasteiger partial charge in [-0.05, 0) is 24.7 Å². The maximum Gasteiger partial charge on any atom is 0.0849 e. The zero-order valence-electron chi connectivity index (χ0n) is 10.5. The second kappa shape index (κ2) is 5.42. The minimum absolute atomic E-state index is 0.101. The second-order valence-corrected chi connectivity index (χ2v) is 5.30. The van der Waals surface area contributed by atoms with Gasteiger partial charge >= 0.3 is 0 Å².